The molecule has 0 amide bonds. The summed E-state index contributed by atoms with van der Waals surface area (Å²) in [7, 11) is 0. The van der Waals surface area contributed by atoms with Gasteiger partial charge in [-0.3, -0.25) is 9.36 Å². The Bertz CT molecular complexity index is 1120. The lowest BCUT2D eigenvalue weighted by Gasteiger charge is -2.04. The summed E-state index contributed by atoms with van der Waals surface area (Å²) in [4.78, 5) is 20.7. The van der Waals surface area contributed by atoms with Crippen LogP contribution in [0, 0.1) is 11.6 Å². The van der Waals surface area contributed by atoms with Crippen molar-refractivity contribution in [2.45, 2.75) is 6.54 Å². The third kappa shape index (κ3) is 2.91. The molecule has 2 heterocycles. The Labute approximate surface area is 140 Å². The molecule has 0 atom stereocenters. The molecule has 0 unspecified atom stereocenters. The van der Waals surface area contributed by atoms with Gasteiger partial charge >= 0.3 is 0 Å². The van der Waals surface area contributed by atoms with Crippen LogP contribution in [0.15, 0.2) is 64.2 Å². The summed E-state index contributed by atoms with van der Waals surface area (Å²) in [5.74, 6) is -0.00828. The van der Waals surface area contributed by atoms with Crippen LogP contribution in [-0.2, 0) is 6.54 Å². The molecule has 0 fully saturated rings. The van der Waals surface area contributed by atoms with E-state index in [0.29, 0.717) is 28.1 Å². The first-order chi connectivity index (χ1) is 12.1. The fraction of sp³-hybridized carbons (Fsp3) is 0.0556. The van der Waals surface area contributed by atoms with Crippen molar-refractivity contribution in [1.82, 2.24) is 14.5 Å². The molecule has 7 heteroatoms. The van der Waals surface area contributed by atoms with E-state index < -0.39 is 5.82 Å². The molecule has 5 nitrogen and oxygen atoms in total. The average Bonchev–Trinajstić information content (AvgIpc) is 3.06. The molecule has 4 aromatic rings. The molecule has 0 N–H and O–H groups in total. The van der Waals surface area contributed by atoms with E-state index in [2.05, 4.69) is 9.97 Å². The van der Waals surface area contributed by atoms with E-state index in [0.717, 1.165) is 0 Å². The van der Waals surface area contributed by atoms with Crippen LogP contribution >= 0.6 is 0 Å². The lowest BCUT2D eigenvalue weighted by atomic mass is 10.2. The van der Waals surface area contributed by atoms with Crippen molar-refractivity contribution >= 4 is 10.9 Å². The topological polar surface area (TPSA) is 60.9 Å². The largest absolute Gasteiger partial charge is 0.439 e. The van der Waals surface area contributed by atoms with Gasteiger partial charge in [0.15, 0.2) is 5.76 Å². The second-order valence-corrected chi connectivity index (χ2v) is 5.46. The molecular weight excluding hydrogens is 328 g/mol. The first-order valence-corrected chi connectivity index (χ1v) is 7.45. The summed E-state index contributed by atoms with van der Waals surface area (Å²) < 4.78 is 33.1. The lowest BCUT2D eigenvalue weighted by molar-refractivity contribution is 0.484. The molecule has 0 bridgehead atoms. The molecule has 0 saturated carbocycles. The number of hydrogen-bond donors (Lipinski definition) is 0. The van der Waals surface area contributed by atoms with Crippen molar-refractivity contribution in [1.29, 1.82) is 0 Å². The predicted molar refractivity (Wildman–Crippen MR) is 87.0 cm³/mol. The van der Waals surface area contributed by atoms with Crippen LogP contribution in [0.5, 0.6) is 0 Å². The summed E-state index contributed by atoms with van der Waals surface area (Å²) in [6, 6.07) is 9.64. The van der Waals surface area contributed by atoms with Crippen LogP contribution in [0.2, 0.25) is 0 Å². The van der Waals surface area contributed by atoms with Crippen LogP contribution in [0.1, 0.15) is 5.89 Å². The number of rotatable bonds is 3. The molecule has 124 valence electrons. The Hall–Kier alpha value is -3.35. The predicted octanol–water partition coefficient (Wildman–Crippen LogP) is 3.38. The van der Waals surface area contributed by atoms with Crippen molar-refractivity contribution in [2.24, 2.45) is 0 Å². The summed E-state index contributed by atoms with van der Waals surface area (Å²) in [6.45, 7) is 0.0837. The first-order valence-electron chi connectivity index (χ1n) is 7.45. The van der Waals surface area contributed by atoms with Crippen LogP contribution < -0.4 is 5.56 Å². The lowest BCUT2D eigenvalue weighted by Crippen LogP contribution is -2.21. The van der Waals surface area contributed by atoms with Crippen molar-refractivity contribution in [3.8, 4) is 11.3 Å². The van der Waals surface area contributed by atoms with E-state index in [4.69, 9.17) is 4.42 Å². The van der Waals surface area contributed by atoms with E-state index in [9.17, 15) is 13.6 Å². The maximum absolute atomic E-state index is 13.2. The minimum absolute atomic E-state index is 0.0837. The van der Waals surface area contributed by atoms with Gasteiger partial charge < -0.3 is 4.42 Å². The van der Waals surface area contributed by atoms with Gasteiger partial charge in [-0.15, -0.1) is 0 Å². The molecule has 2 aromatic carbocycles. The number of halogens is 2. The van der Waals surface area contributed by atoms with E-state index in [1.807, 2.05) is 0 Å². The van der Waals surface area contributed by atoms with Gasteiger partial charge in [-0.1, -0.05) is 0 Å². The number of benzene rings is 2. The van der Waals surface area contributed by atoms with E-state index in [1.54, 1.807) is 12.1 Å². The van der Waals surface area contributed by atoms with Crippen molar-refractivity contribution in [2.75, 3.05) is 0 Å². The third-order valence-corrected chi connectivity index (χ3v) is 3.78. The first kappa shape index (κ1) is 15.2. The quantitative estimate of drug-likeness (QED) is 0.574. The molecule has 0 aliphatic heterocycles. The Balaban J connectivity index is 1.66. The monoisotopic (exact) mass is 339 g/mol. The van der Waals surface area contributed by atoms with Crippen molar-refractivity contribution in [3.05, 3.63) is 82.9 Å². The maximum atomic E-state index is 13.2. The molecule has 0 saturated heterocycles. The molecule has 25 heavy (non-hydrogen) atoms. The molecule has 0 aliphatic rings. The zero-order valence-corrected chi connectivity index (χ0v) is 12.8. The highest BCUT2D eigenvalue weighted by atomic mass is 19.1. The normalized spacial score (nSPS) is 11.1. The van der Waals surface area contributed by atoms with E-state index in [1.165, 1.54) is 47.4 Å². The van der Waals surface area contributed by atoms with Crippen LogP contribution in [-0.4, -0.2) is 14.5 Å². The number of nitrogens with zero attached hydrogens (tertiary/aromatic N) is 3. The minimum atomic E-state index is -0.450. The molecular formula is C18H11F2N3O2. The molecule has 2 aromatic heterocycles. The number of oxazole rings is 1. The van der Waals surface area contributed by atoms with Crippen LogP contribution in [0.3, 0.4) is 0 Å². The molecule has 4 rings (SSSR count). The van der Waals surface area contributed by atoms with Gasteiger partial charge in [0.2, 0.25) is 5.89 Å². The Morgan fingerprint density at radius 3 is 2.56 bits per heavy atom. The highest BCUT2D eigenvalue weighted by molar-refractivity contribution is 5.77. The van der Waals surface area contributed by atoms with Crippen LogP contribution in [0.25, 0.3) is 22.2 Å². The molecule has 0 radical (unpaired) electrons. The second-order valence-electron chi connectivity index (χ2n) is 5.46. The zero-order valence-electron chi connectivity index (χ0n) is 12.8. The number of fused-ring (bicyclic) bond motifs is 1. The maximum Gasteiger partial charge on any atom is 0.261 e. The SMILES string of the molecule is O=c1c2ccc(F)cc2ncn1Cc1ncc(-c2ccc(F)cc2)o1. The highest BCUT2D eigenvalue weighted by Gasteiger charge is 2.10. The summed E-state index contributed by atoms with van der Waals surface area (Å²) in [5, 5.41) is 0.314. The Morgan fingerprint density at radius 1 is 1.00 bits per heavy atom. The smallest absolute Gasteiger partial charge is 0.261 e. The Morgan fingerprint density at radius 2 is 1.76 bits per heavy atom. The van der Waals surface area contributed by atoms with Gasteiger partial charge in [-0.25, -0.2) is 18.7 Å². The minimum Gasteiger partial charge on any atom is -0.439 e. The summed E-state index contributed by atoms with van der Waals surface area (Å²) >= 11 is 0. The number of hydrogen-bond acceptors (Lipinski definition) is 4. The fourth-order valence-corrected chi connectivity index (χ4v) is 2.52. The van der Waals surface area contributed by atoms with E-state index >= 15 is 0 Å². The van der Waals surface area contributed by atoms with Gasteiger partial charge in [-0.05, 0) is 36.4 Å². The molecule has 0 spiro atoms. The fourth-order valence-electron chi connectivity index (χ4n) is 2.52. The number of aromatic nitrogens is 3. The highest BCUT2D eigenvalue weighted by Crippen LogP contribution is 2.21. The second kappa shape index (κ2) is 5.94. The van der Waals surface area contributed by atoms with Crippen LogP contribution in [0.4, 0.5) is 8.78 Å². The van der Waals surface area contributed by atoms with Gasteiger partial charge in [0.05, 0.1) is 23.4 Å². The van der Waals surface area contributed by atoms with Gasteiger partial charge in [0.25, 0.3) is 5.56 Å². The van der Waals surface area contributed by atoms with E-state index in [-0.39, 0.29) is 17.9 Å². The van der Waals surface area contributed by atoms with Gasteiger partial charge in [0, 0.05) is 11.6 Å². The average molecular weight is 339 g/mol. The third-order valence-electron chi connectivity index (χ3n) is 3.78. The van der Waals surface area contributed by atoms with Gasteiger partial charge in [0.1, 0.15) is 18.2 Å². The van der Waals surface area contributed by atoms with Crippen molar-refractivity contribution in [3.63, 3.8) is 0 Å². The summed E-state index contributed by atoms with van der Waals surface area (Å²) in [5.41, 5.74) is 0.659. The summed E-state index contributed by atoms with van der Waals surface area (Å²) in [6.07, 6.45) is 2.84. The standard InChI is InChI=1S/C18H11F2N3O2/c19-12-3-1-11(2-4-12)16-8-21-17(25-16)9-23-10-22-15-7-13(20)5-6-14(15)18(23)24/h1-8,10H,9H2. The van der Waals surface area contributed by atoms with Gasteiger partial charge in [-0.2, -0.15) is 0 Å². The zero-order chi connectivity index (χ0) is 17.4. The Kier molecular flexibility index (Phi) is 3.61. The van der Waals surface area contributed by atoms with Crippen molar-refractivity contribution < 1.29 is 13.2 Å². The molecule has 0 aliphatic carbocycles.